The zero-order valence-corrected chi connectivity index (χ0v) is 11.9. The Balaban J connectivity index is 1.49. The maximum absolute atomic E-state index is 12.2. The minimum absolute atomic E-state index is 0.0247. The predicted octanol–water partition coefficient (Wildman–Crippen LogP) is -0.124. The molecule has 0 aromatic carbocycles. The summed E-state index contributed by atoms with van der Waals surface area (Å²) in [4.78, 5) is 36.8. The minimum atomic E-state index is -0.259. The quantitative estimate of drug-likeness (QED) is 0.812. The first-order valence-corrected chi connectivity index (χ1v) is 7.11. The summed E-state index contributed by atoms with van der Waals surface area (Å²) in [5.41, 5.74) is 3.02. The lowest BCUT2D eigenvalue weighted by atomic mass is 10.0. The molecule has 1 aromatic rings. The molecule has 1 aromatic heterocycles. The normalized spacial score (nSPS) is 18.8. The van der Waals surface area contributed by atoms with Crippen LogP contribution in [0.15, 0.2) is 28.1 Å². The minimum Gasteiger partial charge on any atom is -0.472 e. The standard InChI is InChI=1S/C14H16N4O4/c19-12-7-11(16-17-12)14(21)18-4-1-10(2-5-18)15-13(20)9-3-6-22-8-9/h3,6,8,10H,1-2,4-5,7H2,(H,15,20)(H,17,19). The van der Waals surface area contributed by atoms with E-state index in [1.165, 1.54) is 12.5 Å². The molecule has 8 heteroatoms. The fourth-order valence-corrected chi connectivity index (χ4v) is 2.56. The first kappa shape index (κ1) is 14.3. The van der Waals surface area contributed by atoms with Crippen LogP contribution in [0.25, 0.3) is 0 Å². The second-order valence-corrected chi connectivity index (χ2v) is 5.32. The summed E-state index contributed by atoms with van der Waals surface area (Å²) in [5, 5.41) is 6.66. The Hall–Kier alpha value is -2.64. The molecule has 2 aliphatic heterocycles. The molecule has 0 aliphatic carbocycles. The first-order valence-electron chi connectivity index (χ1n) is 7.11. The van der Waals surface area contributed by atoms with Crippen LogP contribution in [0.2, 0.25) is 0 Å². The van der Waals surface area contributed by atoms with Crippen molar-refractivity contribution in [3.05, 3.63) is 24.2 Å². The first-order chi connectivity index (χ1) is 10.6. The average Bonchev–Trinajstić information content (AvgIpc) is 3.18. The Morgan fingerprint density at radius 2 is 2.14 bits per heavy atom. The number of hydrogen-bond donors (Lipinski definition) is 2. The van der Waals surface area contributed by atoms with Crippen LogP contribution in [-0.2, 0) is 9.59 Å². The van der Waals surface area contributed by atoms with Gasteiger partial charge in [-0.2, -0.15) is 5.10 Å². The summed E-state index contributed by atoms with van der Waals surface area (Å²) < 4.78 is 4.88. The third-order valence-corrected chi connectivity index (χ3v) is 3.79. The van der Waals surface area contributed by atoms with Gasteiger partial charge < -0.3 is 14.6 Å². The van der Waals surface area contributed by atoms with Crippen LogP contribution >= 0.6 is 0 Å². The molecule has 0 saturated carbocycles. The van der Waals surface area contributed by atoms with Gasteiger partial charge in [-0.25, -0.2) is 5.43 Å². The van der Waals surface area contributed by atoms with Gasteiger partial charge in [0, 0.05) is 19.1 Å². The summed E-state index contributed by atoms with van der Waals surface area (Å²) >= 11 is 0. The predicted molar refractivity (Wildman–Crippen MR) is 76.0 cm³/mol. The molecule has 0 bridgehead atoms. The Bertz CT molecular complexity index is 615. The number of nitrogens with zero attached hydrogens (tertiary/aromatic N) is 2. The molecular formula is C14H16N4O4. The van der Waals surface area contributed by atoms with Gasteiger partial charge >= 0.3 is 0 Å². The highest BCUT2D eigenvalue weighted by molar-refractivity contribution is 6.43. The smallest absolute Gasteiger partial charge is 0.270 e. The largest absolute Gasteiger partial charge is 0.472 e. The molecule has 0 radical (unpaired) electrons. The van der Waals surface area contributed by atoms with E-state index in [0.29, 0.717) is 31.5 Å². The molecule has 2 N–H and O–H groups in total. The van der Waals surface area contributed by atoms with Crippen LogP contribution in [0.3, 0.4) is 0 Å². The third kappa shape index (κ3) is 3.00. The molecule has 3 amide bonds. The van der Waals surface area contributed by atoms with E-state index in [-0.39, 0.29) is 35.9 Å². The number of piperidine rings is 1. The van der Waals surface area contributed by atoms with Gasteiger partial charge in [-0.3, -0.25) is 14.4 Å². The van der Waals surface area contributed by atoms with Gasteiger partial charge in [0.05, 0.1) is 18.2 Å². The number of carbonyl (C=O) groups excluding carboxylic acids is 3. The maximum atomic E-state index is 12.2. The number of hydrogen-bond acceptors (Lipinski definition) is 5. The number of carbonyl (C=O) groups is 3. The topological polar surface area (TPSA) is 104 Å². The molecule has 1 saturated heterocycles. The van der Waals surface area contributed by atoms with Gasteiger partial charge in [0.15, 0.2) is 0 Å². The second kappa shape index (κ2) is 6.00. The van der Waals surface area contributed by atoms with Crippen LogP contribution in [0.5, 0.6) is 0 Å². The van der Waals surface area contributed by atoms with Gasteiger partial charge in [0.1, 0.15) is 12.0 Å². The Morgan fingerprint density at radius 1 is 1.36 bits per heavy atom. The molecule has 0 spiro atoms. The van der Waals surface area contributed by atoms with E-state index >= 15 is 0 Å². The molecule has 8 nitrogen and oxygen atoms in total. The van der Waals surface area contributed by atoms with Gasteiger partial charge in [-0.15, -0.1) is 0 Å². The summed E-state index contributed by atoms with van der Waals surface area (Å²) in [6, 6.07) is 1.63. The highest BCUT2D eigenvalue weighted by atomic mass is 16.3. The van der Waals surface area contributed by atoms with Gasteiger partial charge in [0.2, 0.25) is 5.91 Å². The molecule has 3 rings (SSSR count). The van der Waals surface area contributed by atoms with Gasteiger partial charge in [-0.05, 0) is 18.9 Å². The molecule has 116 valence electrons. The van der Waals surface area contributed by atoms with E-state index in [4.69, 9.17) is 4.42 Å². The summed E-state index contributed by atoms with van der Waals surface area (Å²) in [5.74, 6) is -0.642. The van der Waals surface area contributed by atoms with Crippen molar-refractivity contribution in [2.75, 3.05) is 13.1 Å². The number of amides is 3. The van der Waals surface area contributed by atoms with Crippen LogP contribution in [0.4, 0.5) is 0 Å². The van der Waals surface area contributed by atoms with Gasteiger partial charge in [-0.1, -0.05) is 0 Å². The molecular weight excluding hydrogens is 288 g/mol. The SMILES string of the molecule is O=C1CC(C(=O)N2CCC(NC(=O)c3ccoc3)CC2)=NN1. The lowest BCUT2D eigenvalue weighted by Crippen LogP contribution is -2.48. The molecule has 22 heavy (non-hydrogen) atoms. The van der Waals surface area contributed by atoms with E-state index in [0.717, 1.165) is 0 Å². The molecule has 2 aliphatic rings. The van der Waals surface area contributed by atoms with E-state index in [9.17, 15) is 14.4 Å². The lowest BCUT2D eigenvalue weighted by molar-refractivity contribution is -0.125. The zero-order chi connectivity index (χ0) is 15.5. The molecule has 0 atom stereocenters. The number of hydrazone groups is 1. The van der Waals surface area contributed by atoms with E-state index < -0.39 is 0 Å². The Morgan fingerprint density at radius 3 is 2.73 bits per heavy atom. The Kier molecular flexibility index (Phi) is 3.90. The van der Waals surface area contributed by atoms with Crippen molar-refractivity contribution in [2.45, 2.75) is 25.3 Å². The third-order valence-electron chi connectivity index (χ3n) is 3.79. The van der Waals surface area contributed by atoms with Crippen LogP contribution in [0, 0.1) is 0 Å². The summed E-state index contributed by atoms with van der Waals surface area (Å²) in [6.07, 6.45) is 4.23. The Labute approximate surface area is 126 Å². The summed E-state index contributed by atoms with van der Waals surface area (Å²) in [7, 11) is 0. The van der Waals surface area contributed by atoms with E-state index in [1.54, 1.807) is 11.0 Å². The van der Waals surface area contributed by atoms with Crippen molar-refractivity contribution in [3.63, 3.8) is 0 Å². The van der Waals surface area contributed by atoms with Crippen molar-refractivity contribution >= 4 is 23.4 Å². The molecule has 1 fully saturated rings. The number of likely N-dealkylation sites (tertiary alicyclic amines) is 1. The highest BCUT2D eigenvalue weighted by Gasteiger charge is 2.29. The van der Waals surface area contributed by atoms with Crippen LogP contribution in [-0.4, -0.2) is 47.5 Å². The van der Waals surface area contributed by atoms with Gasteiger partial charge in [0.25, 0.3) is 11.8 Å². The zero-order valence-electron chi connectivity index (χ0n) is 11.9. The van der Waals surface area contributed by atoms with Crippen LogP contribution < -0.4 is 10.7 Å². The van der Waals surface area contributed by atoms with Crippen LogP contribution in [0.1, 0.15) is 29.6 Å². The number of nitrogens with one attached hydrogen (secondary N) is 2. The number of rotatable bonds is 3. The molecule has 0 unspecified atom stereocenters. The fourth-order valence-electron chi connectivity index (χ4n) is 2.56. The lowest BCUT2D eigenvalue weighted by Gasteiger charge is -2.32. The summed E-state index contributed by atoms with van der Waals surface area (Å²) in [6.45, 7) is 1.06. The van der Waals surface area contributed by atoms with Crippen molar-refractivity contribution in [1.29, 1.82) is 0 Å². The van der Waals surface area contributed by atoms with Crippen molar-refractivity contribution in [1.82, 2.24) is 15.6 Å². The fraction of sp³-hybridized carbons (Fsp3) is 0.429. The number of furan rings is 1. The monoisotopic (exact) mass is 304 g/mol. The van der Waals surface area contributed by atoms with Crippen molar-refractivity contribution in [2.24, 2.45) is 5.10 Å². The maximum Gasteiger partial charge on any atom is 0.270 e. The second-order valence-electron chi connectivity index (χ2n) is 5.32. The highest BCUT2D eigenvalue weighted by Crippen LogP contribution is 2.13. The van der Waals surface area contributed by atoms with E-state index in [2.05, 4.69) is 15.8 Å². The van der Waals surface area contributed by atoms with Crippen molar-refractivity contribution < 1.29 is 18.8 Å². The van der Waals surface area contributed by atoms with E-state index in [1.807, 2.05) is 0 Å². The average molecular weight is 304 g/mol. The molecule has 3 heterocycles. The van der Waals surface area contributed by atoms with Crippen molar-refractivity contribution in [3.8, 4) is 0 Å².